The van der Waals surface area contributed by atoms with Crippen LogP contribution in [0.15, 0.2) is 149 Å². The molecule has 15 nitrogen and oxygen atoms in total. The lowest BCUT2D eigenvalue weighted by atomic mass is 9.97. The van der Waals surface area contributed by atoms with Gasteiger partial charge in [-0.2, -0.15) is 0 Å². The second-order valence-electron chi connectivity index (χ2n) is 16.8. The maximum absolute atomic E-state index is 14.1. The topological polar surface area (TPSA) is 189 Å². The molecule has 1 aliphatic heterocycles. The largest absolute Gasteiger partial charge is 0.489 e. The van der Waals surface area contributed by atoms with Crippen LogP contribution in [0, 0.1) is 0 Å². The van der Waals surface area contributed by atoms with Gasteiger partial charge in [0.1, 0.15) is 24.0 Å². The van der Waals surface area contributed by atoms with Crippen LogP contribution in [0.1, 0.15) is 113 Å². The van der Waals surface area contributed by atoms with Gasteiger partial charge in [-0.3, -0.25) is 4.79 Å². The maximum Gasteiger partial charge on any atom is 0.383 e. The Labute approximate surface area is 410 Å². The number of carbonyl (C=O) groups excluding carboxylic acids is 5. The second kappa shape index (κ2) is 25.7. The number of hydrogen-bond donors (Lipinski definition) is 0. The van der Waals surface area contributed by atoms with E-state index in [1.807, 2.05) is 0 Å². The summed E-state index contributed by atoms with van der Waals surface area (Å²) in [6.45, 7) is 2.99. The van der Waals surface area contributed by atoms with E-state index in [0.29, 0.717) is 6.42 Å². The second-order valence-corrected chi connectivity index (χ2v) is 16.8. The fourth-order valence-electron chi connectivity index (χ4n) is 7.93. The third kappa shape index (κ3) is 14.2. The minimum absolute atomic E-state index is 0.00240. The van der Waals surface area contributed by atoms with Crippen LogP contribution < -0.4 is 19.8 Å². The average Bonchev–Trinajstić information content (AvgIpc) is 3.39. The number of unbranched alkanes of at least 4 members (excludes halogenated alkanes) is 8. The third-order valence-corrected chi connectivity index (χ3v) is 11.5. The van der Waals surface area contributed by atoms with Crippen molar-refractivity contribution in [2.45, 2.75) is 102 Å². The summed E-state index contributed by atoms with van der Waals surface area (Å²) in [6.07, 6.45) is 1.60. The van der Waals surface area contributed by atoms with E-state index >= 15 is 0 Å². The van der Waals surface area contributed by atoms with Gasteiger partial charge in [0, 0.05) is 13.0 Å². The molecule has 5 aromatic carbocycles. The van der Waals surface area contributed by atoms with Crippen molar-refractivity contribution in [2.75, 3.05) is 13.2 Å². The Hall–Kier alpha value is -7.78. The molecule has 1 saturated heterocycles. The van der Waals surface area contributed by atoms with E-state index in [2.05, 4.69) is 6.92 Å². The Morgan fingerprint density at radius 2 is 1.01 bits per heavy atom. The lowest BCUT2D eigenvalue weighted by molar-refractivity contribution is -0.275. The van der Waals surface area contributed by atoms with E-state index in [-0.39, 0.29) is 51.3 Å². The minimum atomic E-state index is -1.70. The Morgan fingerprint density at radius 1 is 0.535 bits per heavy atom. The molecule has 1 aromatic heterocycles. The molecule has 5 atom stereocenters. The van der Waals surface area contributed by atoms with E-state index in [1.165, 1.54) is 86.7 Å². The molecule has 0 radical (unpaired) electrons. The third-order valence-electron chi connectivity index (χ3n) is 11.5. The molecule has 1 aliphatic rings. The number of fused-ring (bicyclic) bond motifs is 1. The first-order valence-corrected chi connectivity index (χ1v) is 23.8. The normalized spacial score (nSPS) is 17.4. The lowest BCUT2D eigenvalue weighted by Crippen LogP contribution is -2.63. The van der Waals surface area contributed by atoms with Crippen molar-refractivity contribution in [3.8, 4) is 17.2 Å². The number of rotatable bonds is 23. The number of hydrogen-bond acceptors (Lipinski definition) is 15. The van der Waals surface area contributed by atoms with Gasteiger partial charge < -0.3 is 42.3 Å². The average molecular weight is 969 g/mol. The summed E-state index contributed by atoms with van der Waals surface area (Å²) >= 11 is 0. The minimum Gasteiger partial charge on any atom is -0.489 e. The molecule has 0 spiro atoms. The standard InChI is InChI=1S/C56H56O15/c1-3-4-5-6-7-8-9-10-23-34-63-46-43-33-32-42(35-44(43)67-55(62)49(46)65-37(2)57)66-56-50(71-54(61)41-30-21-14-22-31-41)48(70-53(60)40-28-19-13-20-29-40)47(69-52(59)39-26-17-12-18-27-39)45(68-56)36-64-51(58)38-24-15-11-16-25-38/h11-22,24-33,35,45,47-48,50,56H,3-10,23,34,36H2,1-2H3/t45-,47-,48+,50-,56-/m1/s1. The maximum atomic E-state index is 14.1. The zero-order valence-electron chi connectivity index (χ0n) is 39.6. The Morgan fingerprint density at radius 3 is 1.54 bits per heavy atom. The summed E-state index contributed by atoms with van der Waals surface area (Å²) < 4.78 is 54.3. The fourth-order valence-corrected chi connectivity index (χ4v) is 7.93. The van der Waals surface area contributed by atoms with E-state index in [1.54, 1.807) is 84.9 Å². The monoisotopic (exact) mass is 968 g/mol. The van der Waals surface area contributed by atoms with Gasteiger partial charge in [-0.25, -0.2) is 24.0 Å². The molecule has 7 rings (SSSR count). The van der Waals surface area contributed by atoms with Gasteiger partial charge in [0.25, 0.3) is 5.75 Å². The molecule has 0 unspecified atom stereocenters. The van der Waals surface area contributed by atoms with Gasteiger partial charge in [-0.15, -0.1) is 0 Å². The van der Waals surface area contributed by atoms with E-state index in [0.717, 1.165) is 26.2 Å². The number of benzene rings is 5. The summed E-state index contributed by atoms with van der Waals surface area (Å²) in [6, 6.07) is 36.5. The van der Waals surface area contributed by atoms with Gasteiger partial charge in [0.2, 0.25) is 12.4 Å². The van der Waals surface area contributed by atoms with Crippen LogP contribution in [0.5, 0.6) is 17.2 Å². The van der Waals surface area contributed by atoms with Crippen molar-refractivity contribution in [3.05, 3.63) is 172 Å². The molecular formula is C56H56O15. The van der Waals surface area contributed by atoms with Crippen molar-refractivity contribution < 1.29 is 66.3 Å². The molecule has 0 aliphatic carbocycles. The zero-order valence-corrected chi connectivity index (χ0v) is 39.6. The summed E-state index contributed by atoms with van der Waals surface area (Å²) in [4.78, 5) is 81.1. The van der Waals surface area contributed by atoms with Crippen LogP contribution in [0.4, 0.5) is 0 Å². The molecule has 0 N–H and O–H groups in total. The van der Waals surface area contributed by atoms with Crippen LogP contribution in [0.2, 0.25) is 0 Å². The molecule has 6 aromatic rings. The Bertz CT molecular complexity index is 2760. The highest BCUT2D eigenvalue weighted by Gasteiger charge is 2.54. The first-order chi connectivity index (χ1) is 34.6. The molecule has 1 fully saturated rings. The smallest absolute Gasteiger partial charge is 0.383 e. The fraction of sp³-hybridized carbons (Fsp3) is 0.321. The number of ether oxygens (including phenoxy) is 8. The molecule has 71 heavy (non-hydrogen) atoms. The summed E-state index contributed by atoms with van der Waals surface area (Å²) in [5.74, 6) is -4.55. The molecule has 15 heteroatoms. The van der Waals surface area contributed by atoms with Gasteiger partial charge >= 0.3 is 35.5 Å². The summed E-state index contributed by atoms with van der Waals surface area (Å²) in [5.41, 5.74) is -0.467. The Balaban J connectivity index is 1.25. The highest BCUT2D eigenvalue weighted by Crippen LogP contribution is 2.37. The first kappa shape index (κ1) is 51.1. The predicted octanol–water partition coefficient (Wildman–Crippen LogP) is 10.3. The van der Waals surface area contributed by atoms with Crippen molar-refractivity contribution in [1.29, 1.82) is 0 Å². The zero-order chi connectivity index (χ0) is 50.0. The van der Waals surface area contributed by atoms with Crippen molar-refractivity contribution in [1.82, 2.24) is 0 Å². The summed E-state index contributed by atoms with van der Waals surface area (Å²) in [5, 5.41) is 0.272. The lowest BCUT2D eigenvalue weighted by Gasteiger charge is -2.44. The van der Waals surface area contributed by atoms with E-state index in [9.17, 15) is 28.8 Å². The molecule has 0 amide bonds. The van der Waals surface area contributed by atoms with Gasteiger partial charge in [0.05, 0.1) is 34.2 Å². The van der Waals surface area contributed by atoms with Gasteiger partial charge in [-0.05, 0) is 67.1 Å². The highest BCUT2D eigenvalue weighted by molar-refractivity contribution is 5.92. The number of carbonyl (C=O) groups is 5. The van der Waals surface area contributed by atoms with Crippen LogP contribution in [0.25, 0.3) is 11.0 Å². The molecule has 0 bridgehead atoms. The first-order valence-electron chi connectivity index (χ1n) is 23.8. The van der Waals surface area contributed by atoms with Crippen molar-refractivity contribution >= 4 is 40.8 Å². The molecular weight excluding hydrogens is 913 g/mol. The van der Waals surface area contributed by atoms with Crippen molar-refractivity contribution in [2.24, 2.45) is 0 Å². The van der Waals surface area contributed by atoms with Gasteiger partial charge in [-0.1, -0.05) is 131 Å². The Kier molecular flexibility index (Phi) is 18.5. The van der Waals surface area contributed by atoms with Crippen LogP contribution in [-0.2, 0) is 28.5 Å². The highest BCUT2D eigenvalue weighted by atomic mass is 16.7. The quantitative estimate of drug-likeness (QED) is 0.0255. The van der Waals surface area contributed by atoms with Crippen molar-refractivity contribution in [3.63, 3.8) is 0 Å². The molecule has 2 heterocycles. The van der Waals surface area contributed by atoms with E-state index in [4.69, 9.17) is 42.3 Å². The van der Waals surface area contributed by atoms with E-state index < -0.39 is 78.5 Å². The predicted molar refractivity (Wildman–Crippen MR) is 259 cm³/mol. The van der Waals surface area contributed by atoms with Crippen LogP contribution >= 0.6 is 0 Å². The number of esters is 5. The van der Waals surface area contributed by atoms with Gasteiger partial charge in [0.15, 0.2) is 18.0 Å². The SMILES string of the molecule is CCCCCCCCCCCOc1c(OC(C)=O)c(=O)oc2cc(O[C@@H]3O[C@H](COC(=O)c4ccccc4)[C@@H](OC(=O)c4ccccc4)[C@H](OC(=O)c4ccccc4)[C@H]3OC(=O)c3ccccc3)ccc12. The van der Waals surface area contributed by atoms with Crippen LogP contribution in [0.3, 0.4) is 0 Å². The van der Waals surface area contributed by atoms with Crippen LogP contribution in [-0.4, -0.2) is 73.8 Å². The molecule has 0 saturated carbocycles. The molecule has 370 valence electrons. The summed E-state index contributed by atoms with van der Waals surface area (Å²) in [7, 11) is 0.